The summed E-state index contributed by atoms with van der Waals surface area (Å²) in [6.45, 7) is 15.1. The second-order valence-corrected chi connectivity index (χ2v) is 11.1. The highest BCUT2D eigenvalue weighted by Crippen LogP contribution is 2.29. The minimum absolute atomic E-state index is 0.0595. The largest absolute Gasteiger partial charge is 0.338 e. The molecule has 3 aromatic rings. The van der Waals surface area contributed by atoms with Gasteiger partial charge in [-0.25, -0.2) is 0 Å². The van der Waals surface area contributed by atoms with Crippen LogP contribution in [0.1, 0.15) is 76.0 Å². The third-order valence-electron chi connectivity index (χ3n) is 6.89. The molecule has 35 heavy (non-hydrogen) atoms. The lowest BCUT2D eigenvalue weighted by atomic mass is 9.87. The minimum Gasteiger partial charge on any atom is -0.338 e. The van der Waals surface area contributed by atoms with Crippen molar-refractivity contribution in [3.05, 3.63) is 65.0 Å². The summed E-state index contributed by atoms with van der Waals surface area (Å²) in [5.74, 6) is 1.57. The van der Waals surface area contributed by atoms with Gasteiger partial charge in [-0.15, -0.1) is 0 Å². The lowest BCUT2D eigenvalue weighted by molar-refractivity contribution is -0.121. The molecule has 0 bridgehead atoms. The molecule has 1 unspecified atom stereocenters. The summed E-state index contributed by atoms with van der Waals surface area (Å²) in [6, 6.07) is 14.6. The van der Waals surface area contributed by atoms with Gasteiger partial charge in [0, 0.05) is 17.8 Å². The zero-order valence-electron chi connectivity index (χ0n) is 21.9. The summed E-state index contributed by atoms with van der Waals surface area (Å²) in [4.78, 5) is 20.1. The Kier molecular flexibility index (Phi) is 7.41. The van der Waals surface area contributed by atoms with Crippen molar-refractivity contribution >= 4 is 11.6 Å². The normalized spacial score (nSPS) is 17.1. The van der Waals surface area contributed by atoms with E-state index in [1.54, 1.807) is 0 Å². The average molecular weight is 475 g/mol. The van der Waals surface area contributed by atoms with E-state index in [1.165, 1.54) is 11.1 Å². The molecule has 1 amide bonds. The smallest absolute Gasteiger partial charge is 0.241 e. The van der Waals surface area contributed by atoms with Gasteiger partial charge in [0.15, 0.2) is 0 Å². The Hall–Kier alpha value is -2.99. The van der Waals surface area contributed by atoms with E-state index in [4.69, 9.17) is 4.52 Å². The fourth-order valence-corrected chi connectivity index (χ4v) is 4.73. The molecule has 6 heteroatoms. The van der Waals surface area contributed by atoms with E-state index in [2.05, 4.69) is 92.2 Å². The van der Waals surface area contributed by atoms with Crippen molar-refractivity contribution in [2.75, 3.05) is 18.4 Å². The summed E-state index contributed by atoms with van der Waals surface area (Å²) in [7, 11) is 0. The number of likely N-dealkylation sites (tertiary alicyclic amines) is 1. The van der Waals surface area contributed by atoms with Gasteiger partial charge in [-0.1, -0.05) is 82.2 Å². The number of hydrogen-bond acceptors (Lipinski definition) is 5. The number of nitrogens with zero attached hydrogens (tertiary/aromatic N) is 3. The maximum atomic E-state index is 13.2. The van der Waals surface area contributed by atoms with Gasteiger partial charge in [0.25, 0.3) is 0 Å². The van der Waals surface area contributed by atoms with Crippen molar-refractivity contribution in [2.24, 2.45) is 5.92 Å². The number of anilines is 1. The van der Waals surface area contributed by atoms with Crippen LogP contribution in [-0.4, -0.2) is 34.0 Å². The Morgan fingerprint density at radius 3 is 2.60 bits per heavy atom. The number of carbonyl (C=O) groups excluding carboxylic acids is 1. The molecule has 0 spiro atoms. The first-order valence-corrected chi connectivity index (χ1v) is 12.7. The Morgan fingerprint density at radius 1 is 1.17 bits per heavy atom. The van der Waals surface area contributed by atoms with Gasteiger partial charge < -0.3 is 9.84 Å². The van der Waals surface area contributed by atoms with Crippen LogP contribution < -0.4 is 5.32 Å². The predicted octanol–water partition coefficient (Wildman–Crippen LogP) is 6.32. The molecule has 1 aliphatic rings. The van der Waals surface area contributed by atoms with Crippen LogP contribution in [0.2, 0.25) is 0 Å². The molecule has 6 nitrogen and oxygen atoms in total. The minimum atomic E-state index is -0.0595. The molecule has 186 valence electrons. The van der Waals surface area contributed by atoms with E-state index in [0.29, 0.717) is 30.7 Å². The second kappa shape index (κ2) is 10.3. The van der Waals surface area contributed by atoms with Crippen molar-refractivity contribution in [3.63, 3.8) is 0 Å². The number of para-hydroxylation sites is 1. The first-order valence-electron chi connectivity index (χ1n) is 12.7. The second-order valence-electron chi connectivity index (χ2n) is 11.1. The van der Waals surface area contributed by atoms with Crippen molar-refractivity contribution < 1.29 is 9.32 Å². The van der Waals surface area contributed by atoms with Crippen molar-refractivity contribution in [1.29, 1.82) is 0 Å². The highest BCUT2D eigenvalue weighted by molar-refractivity contribution is 5.94. The molecule has 1 saturated heterocycles. The molecule has 1 aliphatic heterocycles. The molecule has 1 aromatic heterocycles. The van der Waals surface area contributed by atoms with Gasteiger partial charge >= 0.3 is 0 Å². The molecule has 1 atom stereocenters. The number of carbonyl (C=O) groups is 1. The number of rotatable bonds is 6. The molecule has 0 aliphatic carbocycles. The van der Waals surface area contributed by atoms with E-state index in [1.807, 2.05) is 12.1 Å². The van der Waals surface area contributed by atoms with E-state index in [-0.39, 0.29) is 17.2 Å². The van der Waals surface area contributed by atoms with Gasteiger partial charge in [0.2, 0.25) is 17.6 Å². The van der Waals surface area contributed by atoms with E-state index in [9.17, 15) is 4.79 Å². The van der Waals surface area contributed by atoms with E-state index >= 15 is 0 Å². The maximum Gasteiger partial charge on any atom is 0.241 e. The van der Waals surface area contributed by atoms with Gasteiger partial charge in [-0.2, -0.15) is 4.98 Å². The molecule has 1 fully saturated rings. The van der Waals surface area contributed by atoms with Crippen molar-refractivity contribution in [2.45, 2.75) is 72.3 Å². The quantitative estimate of drug-likeness (QED) is 0.453. The number of hydrogen-bond donors (Lipinski definition) is 1. The van der Waals surface area contributed by atoms with Crippen molar-refractivity contribution in [3.8, 4) is 11.4 Å². The third kappa shape index (κ3) is 5.99. The number of piperidine rings is 1. The topological polar surface area (TPSA) is 71.3 Å². The first-order chi connectivity index (χ1) is 16.6. The van der Waals surface area contributed by atoms with Crippen molar-refractivity contribution in [1.82, 2.24) is 15.0 Å². The number of aromatic nitrogens is 2. The summed E-state index contributed by atoms with van der Waals surface area (Å²) in [5, 5.41) is 7.44. The predicted molar refractivity (Wildman–Crippen MR) is 140 cm³/mol. The Labute approximate surface area is 209 Å². The highest BCUT2D eigenvalue weighted by Gasteiger charge is 2.28. The molecule has 4 rings (SSSR count). The zero-order valence-corrected chi connectivity index (χ0v) is 21.9. The van der Waals surface area contributed by atoms with Crippen LogP contribution in [0.3, 0.4) is 0 Å². The van der Waals surface area contributed by atoms with Gasteiger partial charge in [-0.3, -0.25) is 9.69 Å². The van der Waals surface area contributed by atoms with Crippen LogP contribution in [-0.2, 0) is 16.8 Å². The van der Waals surface area contributed by atoms with Gasteiger partial charge in [-0.05, 0) is 54.3 Å². The lowest BCUT2D eigenvalue weighted by Crippen LogP contribution is -2.40. The lowest BCUT2D eigenvalue weighted by Gasteiger charge is -2.31. The van der Waals surface area contributed by atoms with Gasteiger partial charge in [0.05, 0.1) is 12.5 Å². The molecule has 2 aromatic carbocycles. The Bertz CT molecular complexity index is 1160. The molecule has 2 heterocycles. The third-order valence-corrected chi connectivity index (χ3v) is 6.89. The number of benzene rings is 2. The molecular weight excluding hydrogens is 436 g/mol. The fraction of sp³-hybridized carbons (Fsp3) is 0.483. The SMILES string of the molecule is Cc1cccc(C(C)C)c1NC(=O)C1CCCN(Cc2nc(-c3ccc(C(C)(C)C)cc3)no2)C1. The van der Waals surface area contributed by atoms with Crippen LogP contribution in [0.15, 0.2) is 47.0 Å². The summed E-state index contributed by atoms with van der Waals surface area (Å²) < 4.78 is 5.57. The molecule has 0 radical (unpaired) electrons. The highest BCUT2D eigenvalue weighted by atomic mass is 16.5. The van der Waals surface area contributed by atoms with Crippen LogP contribution in [0.4, 0.5) is 5.69 Å². The summed E-state index contributed by atoms with van der Waals surface area (Å²) in [5.41, 5.74) is 5.57. The maximum absolute atomic E-state index is 13.2. The van der Waals surface area contributed by atoms with Gasteiger partial charge in [0.1, 0.15) is 0 Å². The first kappa shape index (κ1) is 25.1. The summed E-state index contributed by atoms with van der Waals surface area (Å²) in [6.07, 6.45) is 1.86. The molecule has 1 N–H and O–H groups in total. The average Bonchev–Trinajstić information content (AvgIpc) is 3.28. The Balaban J connectivity index is 1.39. The van der Waals surface area contributed by atoms with Crippen LogP contribution in [0.5, 0.6) is 0 Å². The number of amides is 1. The molecular formula is C29H38N4O2. The fourth-order valence-electron chi connectivity index (χ4n) is 4.73. The van der Waals surface area contributed by atoms with Crippen LogP contribution in [0.25, 0.3) is 11.4 Å². The van der Waals surface area contributed by atoms with Crippen LogP contribution >= 0.6 is 0 Å². The zero-order chi connectivity index (χ0) is 25.2. The standard InChI is InChI=1S/C29H38N4O2/c1-19(2)24-11-7-9-20(3)26(24)31-28(34)22-10-8-16-33(17-22)18-25-30-27(32-35-25)21-12-14-23(15-13-21)29(4,5)6/h7,9,11-15,19,22H,8,10,16-18H2,1-6H3,(H,31,34). The van der Waals surface area contributed by atoms with Crippen LogP contribution in [0, 0.1) is 12.8 Å². The monoisotopic (exact) mass is 474 g/mol. The number of nitrogens with one attached hydrogen (secondary N) is 1. The summed E-state index contributed by atoms with van der Waals surface area (Å²) >= 11 is 0. The Morgan fingerprint density at radius 2 is 1.91 bits per heavy atom. The number of aryl methyl sites for hydroxylation is 1. The van der Waals surface area contributed by atoms with E-state index < -0.39 is 0 Å². The molecule has 0 saturated carbocycles. The van der Waals surface area contributed by atoms with E-state index in [0.717, 1.165) is 36.2 Å².